The maximum Gasteiger partial charge on any atom is 0.258 e. The third-order valence-electron chi connectivity index (χ3n) is 6.34. The molecule has 1 aromatic carbocycles. The summed E-state index contributed by atoms with van der Waals surface area (Å²) in [5, 5.41) is 6.34. The van der Waals surface area contributed by atoms with E-state index in [-0.39, 0.29) is 29.3 Å². The fourth-order valence-corrected chi connectivity index (χ4v) is 4.66. The maximum absolute atomic E-state index is 13.1. The van der Waals surface area contributed by atoms with Gasteiger partial charge in [0.1, 0.15) is 0 Å². The van der Waals surface area contributed by atoms with E-state index in [1.807, 2.05) is 57.2 Å². The SMILES string of the molecule is CN1C(=O)c2ccncc2C(NCCN=C2C=CC(NC(=O)C(C)(C)C)CC2Cl)c2ccccc21. The van der Waals surface area contributed by atoms with Crippen LogP contribution < -0.4 is 15.5 Å². The van der Waals surface area contributed by atoms with Crippen LogP contribution >= 0.6 is 11.6 Å². The van der Waals surface area contributed by atoms with Gasteiger partial charge in [0.05, 0.1) is 23.7 Å². The van der Waals surface area contributed by atoms with Crippen molar-refractivity contribution in [2.24, 2.45) is 10.4 Å². The summed E-state index contributed by atoms with van der Waals surface area (Å²) in [5.41, 5.74) is 3.76. The van der Waals surface area contributed by atoms with Crippen LogP contribution in [0, 0.1) is 5.41 Å². The number of nitrogens with one attached hydrogen (secondary N) is 2. The molecule has 1 aliphatic heterocycles. The Balaban J connectivity index is 1.46. The van der Waals surface area contributed by atoms with Gasteiger partial charge in [-0.05, 0) is 30.2 Å². The Kier molecular flexibility index (Phi) is 7.38. The van der Waals surface area contributed by atoms with Gasteiger partial charge in [-0.15, -0.1) is 11.6 Å². The summed E-state index contributed by atoms with van der Waals surface area (Å²) >= 11 is 6.59. The number of hydrogen-bond acceptors (Lipinski definition) is 5. The molecule has 3 atom stereocenters. The summed E-state index contributed by atoms with van der Waals surface area (Å²) in [7, 11) is 1.80. The van der Waals surface area contributed by atoms with Gasteiger partial charge < -0.3 is 15.5 Å². The molecular formula is C27H32ClN5O2. The standard InChI is InChI=1S/C27H32ClN5O2/c1-27(2,3)26(35)32-17-9-10-22(21(28)15-17)30-13-14-31-24-19-7-5-6-8-23(19)33(4)25(34)18-11-12-29-16-20(18)24/h5-12,16-17,21,24,31H,13-15H2,1-4H3,(H,32,35). The van der Waals surface area contributed by atoms with Gasteiger partial charge in [-0.2, -0.15) is 0 Å². The van der Waals surface area contributed by atoms with Gasteiger partial charge in [-0.25, -0.2) is 0 Å². The number of aliphatic imine (C=N–C) groups is 1. The molecule has 0 saturated heterocycles. The topological polar surface area (TPSA) is 86.7 Å². The van der Waals surface area contributed by atoms with Crippen LogP contribution in [-0.2, 0) is 4.79 Å². The molecule has 0 radical (unpaired) electrons. The molecule has 4 rings (SSSR count). The number of anilines is 1. The highest BCUT2D eigenvalue weighted by molar-refractivity contribution is 6.34. The van der Waals surface area contributed by atoms with Crippen LogP contribution in [0.5, 0.6) is 0 Å². The number of aromatic nitrogens is 1. The van der Waals surface area contributed by atoms with Crippen LogP contribution in [0.4, 0.5) is 5.69 Å². The molecule has 2 heterocycles. The zero-order chi connectivity index (χ0) is 25.2. The number of para-hydroxylation sites is 1. The Morgan fingerprint density at radius 2 is 2.00 bits per heavy atom. The zero-order valence-electron chi connectivity index (χ0n) is 20.6. The van der Waals surface area contributed by atoms with Gasteiger partial charge in [-0.1, -0.05) is 45.0 Å². The monoisotopic (exact) mass is 493 g/mol. The highest BCUT2D eigenvalue weighted by atomic mass is 35.5. The molecule has 8 heteroatoms. The number of pyridine rings is 1. The van der Waals surface area contributed by atoms with Gasteiger partial charge in [0, 0.05) is 54.3 Å². The zero-order valence-corrected chi connectivity index (χ0v) is 21.3. The van der Waals surface area contributed by atoms with Gasteiger partial charge in [0.2, 0.25) is 5.91 Å². The highest BCUT2D eigenvalue weighted by Gasteiger charge is 2.31. The highest BCUT2D eigenvalue weighted by Crippen LogP contribution is 2.36. The van der Waals surface area contributed by atoms with Crippen molar-refractivity contribution in [1.29, 1.82) is 0 Å². The largest absolute Gasteiger partial charge is 0.349 e. The molecule has 7 nitrogen and oxygen atoms in total. The lowest BCUT2D eigenvalue weighted by atomic mass is 9.93. The second kappa shape index (κ2) is 10.3. The van der Waals surface area contributed by atoms with Crippen LogP contribution in [0.25, 0.3) is 0 Å². The summed E-state index contributed by atoms with van der Waals surface area (Å²) in [5.74, 6) is -0.0481. The Labute approximate surface area is 211 Å². The van der Waals surface area contributed by atoms with Crippen molar-refractivity contribution in [3.63, 3.8) is 0 Å². The molecule has 1 aromatic heterocycles. The van der Waals surface area contributed by atoms with E-state index in [4.69, 9.17) is 16.6 Å². The third kappa shape index (κ3) is 5.46. The van der Waals surface area contributed by atoms with Crippen molar-refractivity contribution in [1.82, 2.24) is 15.6 Å². The second-order valence-electron chi connectivity index (χ2n) is 9.97. The third-order valence-corrected chi connectivity index (χ3v) is 6.74. The lowest BCUT2D eigenvalue weighted by Gasteiger charge is -2.26. The lowest BCUT2D eigenvalue weighted by molar-refractivity contribution is -0.128. The molecule has 2 amide bonds. The number of carbonyl (C=O) groups is 2. The number of amides is 2. The van der Waals surface area contributed by atoms with Gasteiger partial charge >= 0.3 is 0 Å². The molecule has 2 aliphatic rings. The average Bonchev–Trinajstić information content (AvgIpc) is 2.91. The fourth-order valence-electron chi connectivity index (χ4n) is 4.33. The van der Waals surface area contributed by atoms with E-state index < -0.39 is 5.41 Å². The van der Waals surface area contributed by atoms with Crippen LogP contribution in [0.15, 0.2) is 59.9 Å². The molecule has 35 heavy (non-hydrogen) atoms. The molecule has 0 fully saturated rings. The number of benzene rings is 1. The number of carbonyl (C=O) groups excluding carboxylic acids is 2. The van der Waals surface area contributed by atoms with Crippen molar-refractivity contribution in [3.8, 4) is 0 Å². The molecule has 184 valence electrons. The molecule has 1 aliphatic carbocycles. The summed E-state index contributed by atoms with van der Waals surface area (Å²) in [4.78, 5) is 36.0. The smallest absolute Gasteiger partial charge is 0.258 e. The number of allylic oxidation sites excluding steroid dienone is 1. The predicted octanol–water partition coefficient (Wildman–Crippen LogP) is 3.89. The van der Waals surface area contributed by atoms with E-state index in [2.05, 4.69) is 15.6 Å². The van der Waals surface area contributed by atoms with E-state index in [0.29, 0.717) is 25.1 Å². The van der Waals surface area contributed by atoms with Crippen LogP contribution in [-0.4, -0.2) is 54.1 Å². The Morgan fingerprint density at radius 3 is 2.74 bits per heavy atom. The van der Waals surface area contributed by atoms with E-state index >= 15 is 0 Å². The first kappa shape index (κ1) is 25.1. The number of fused-ring (bicyclic) bond motifs is 2. The minimum absolute atomic E-state index is 0.00295. The predicted molar refractivity (Wildman–Crippen MR) is 140 cm³/mol. The van der Waals surface area contributed by atoms with E-state index in [9.17, 15) is 9.59 Å². The number of hydrogen-bond donors (Lipinski definition) is 2. The fraction of sp³-hybridized carbons (Fsp3) is 0.407. The van der Waals surface area contributed by atoms with Crippen LogP contribution in [0.2, 0.25) is 0 Å². The van der Waals surface area contributed by atoms with Crippen LogP contribution in [0.3, 0.4) is 0 Å². The van der Waals surface area contributed by atoms with Gasteiger partial charge in [0.25, 0.3) is 5.91 Å². The summed E-state index contributed by atoms with van der Waals surface area (Å²) in [6, 6.07) is 9.41. The van der Waals surface area contributed by atoms with Crippen molar-refractivity contribution in [2.75, 3.05) is 25.0 Å². The van der Waals surface area contributed by atoms with E-state index in [1.54, 1.807) is 30.4 Å². The average molecular weight is 494 g/mol. The Morgan fingerprint density at radius 1 is 1.23 bits per heavy atom. The van der Waals surface area contributed by atoms with Crippen LogP contribution in [0.1, 0.15) is 54.7 Å². The van der Waals surface area contributed by atoms with Crippen molar-refractivity contribution in [2.45, 2.75) is 44.7 Å². The van der Waals surface area contributed by atoms with E-state index in [1.165, 1.54) is 0 Å². The molecule has 0 spiro atoms. The molecule has 2 N–H and O–H groups in total. The Hall–Kier alpha value is -3.03. The van der Waals surface area contributed by atoms with Crippen molar-refractivity contribution < 1.29 is 9.59 Å². The first-order valence-electron chi connectivity index (χ1n) is 11.9. The normalized spacial score (nSPS) is 23.0. The summed E-state index contributed by atoms with van der Waals surface area (Å²) in [6.45, 7) is 6.79. The first-order valence-corrected chi connectivity index (χ1v) is 12.3. The van der Waals surface area contributed by atoms with E-state index in [0.717, 1.165) is 22.5 Å². The molecule has 3 unspecified atom stereocenters. The van der Waals surface area contributed by atoms with Gasteiger partial charge in [0.15, 0.2) is 0 Å². The quantitative estimate of drug-likeness (QED) is 0.488. The second-order valence-corrected chi connectivity index (χ2v) is 10.5. The number of alkyl halides is 1. The molecule has 2 aromatic rings. The number of halogens is 1. The lowest BCUT2D eigenvalue weighted by Crippen LogP contribution is -2.43. The molecule has 0 saturated carbocycles. The maximum atomic E-state index is 13.1. The molecule has 0 bridgehead atoms. The van der Waals surface area contributed by atoms with Gasteiger partial charge in [-0.3, -0.25) is 19.6 Å². The Bertz CT molecular complexity index is 1170. The number of nitrogens with zero attached hydrogens (tertiary/aromatic N) is 3. The van der Waals surface area contributed by atoms with Crippen molar-refractivity contribution in [3.05, 3.63) is 71.6 Å². The molecular weight excluding hydrogens is 462 g/mol. The summed E-state index contributed by atoms with van der Waals surface area (Å²) < 4.78 is 0. The van der Waals surface area contributed by atoms with Crippen molar-refractivity contribution >= 4 is 34.8 Å². The summed E-state index contributed by atoms with van der Waals surface area (Å²) in [6.07, 6.45) is 7.88. The minimum atomic E-state index is -0.445. The first-order chi connectivity index (χ1) is 16.7. The minimum Gasteiger partial charge on any atom is -0.349 e. The number of rotatable bonds is 5.